The van der Waals surface area contributed by atoms with Gasteiger partial charge in [0, 0.05) is 31.0 Å². The first-order chi connectivity index (χ1) is 10.3. The van der Waals surface area contributed by atoms with Crippen molar-refractivity contribution in [3.63, 3.8) is 0 Å². The molecule has 3 rings (SSSR count). The van der Waals surface area contributed by atoms with E-state index in [0.29, 0.717) is 0 Å². The Balaban J connectivity index is 1.46. The fourth-order valence-electron chi connectivity index (χ4n) is 2.53. The minimum absolute atomic E-state index is 0.801. The van der Waals surface area contributed by atoms with Crippen LogP contribution >= 0.6 is 0 Å². The summed E-state index contributed by atoms with van der Waals surface area (Å²) in [6.07, 6.45) is 5.08. The SMILES string of the molecule is Cc1nccc(CNCCCn2ccc3ccccc32)n1. The van der Waals surface area contributed by atoms with Crippen LogP contribution in [0.4, 0.5) is 0 Å². The van der Waals surface area contributed by atoms with Gasteiger partial charge < -0.3 is 9.88 Å². The molecule has 2 aromatic heterocycles. The standard InChI is InChI=1S/C17H20N4/c1-14-19-10-7-16(20-14)13-18-9-4-11-21-12-8-15-5-2-3-6-17(15)21/h2-3,5-8,10,12,18H,4,9,11,13H2,1H3. The van der Waals surface area contributed by atoms with E-state index in [9.17, 15) is 0 Å². The zero-order valence-corrected chi connectivity index (χ0v) is 12.3. The van der Waals surface area contributed by atoms with Gasteiger partial charge >= 0.3 is 0 Å². The lowest BCUT2D eigenvalue weighted by Gasteiger charge is -2.07. The molecule has 0 aliphatic carbocycles. The van der Waals surface area contributed by atoms with Crippen LogP contribution in [-0.4, -0.2) is 21.1 Å². The molecular weight excluding hydrogens is 260 g/mol. The van der Waals surface area contributed by atoms with Crippen LogP contribution in [0.1, 0.15) is 17.9 Å². The monoisotopic (exact) mass is 280 g/mol. The van der Waals surface area contributed by atoms with E-state index in [4.69, 9.17) is 0 Å². The van der Waals surface area contributed by atoms with Gasteiger partial charge in [-0.05, 0) is 43.5 Å². The van der Waals surface area contributed by atoms with Crippen molar-refractivity contribution in [1.29, 1.82) is 0 Å². The summed E-state index contributed by atoms with van der Waals surface area (Å²) < 4.78 is 2.31. The molecule has 0 atom stereocenters. The van der Waals surface area contributed by atoms with Gasteiger partial charge in [-0.25, -0.2) is 9.97 Å². The molecule has 4 heteroatoms. The zero-order valence-electron chi connectivity index (χ0n) is 12.3. The van der Waals surface area contributed by atoms with E-state index in [2.05, 4.69) is 56.4 Å². The predicted molar refractivity (Wildman–Crippen MR) is 85.0 cm³/mol. The van der Waals surface area contributed by atoms with Gasteiger partial charge in [-0.15, -0.1) is 0 Å². The lowest BCUT2D eigenvalue weighted by Crippen LogP contribution is -2.17. The number of aryl methyl sites for hydroxylation is 2. The Morgan fingerprint density at radius 3 is 2.95 bits per heavy atom. The highest BCUT2D eigenvalue weighted by Gasteiger charge is 1.99. The van der Waals surface area contributed by atoms with Crippen LogP contribution in [0.5, 0.6) is 0 Å². The Hall–Kier alpha value is -2.20. The molecule has 0 bridgehead atoms. The molecule has 0 saturated carbocycles. The summed E-state index contributed by atoms with van der Waals surface area (Å²) in [5, 5.41) is 4.74. The van der Waals surface area contributed by atoms with E-state index in [0.717, 1.165) is 37.6 Å². The largest absolute Gasteiger partial charge is 0.347 e. The van der Waals surface area contributed by atoms with E-state index >= 15 is 0 Å². The summed E-state index contributed by atoms with van der Waals surface area (Å²) >= 11 is 0. The summed E-state index contributed by atoms with van der Waals surface area (Å²) in [6, 6.07) is 12.6. The van der Waals surface area contributed by atoms with E-state index < -0.39 is 0 Å². The Morgan fingerprint density at radius 2 is 2.05 bits per heavy atom. The highest BCUT2D eigenvalue weighted by molar-refractivity contribution is 5.79. The van der Waals surface area contributed by atoms with Crippen molar-refractivity contribution in [2.45, 2.75) is 26.4 Å². The first-order valence-corrected chi connectivity index (χ1v) is 7.36. The molecule has 1 N–H and O–H groups in total. The predicted octanol–water partition coefficient (Wildman–Crippen LogP) is 2.92. The third-order valence-electron chi connectivity index (χ3n) is 3.57. The summed E-state index contributed by atoms with van der Waals surface area (Å²) in [7, 11) is 0. The number of hydrogen-bond donors (Lipinski definition) is 1. The van der Waals surface area contributed by atoms with E-state index in [1.165, 1.54) is 10.9 Å². The smallest absolute Gasteiger partial charge is 0.125 e. The molecule has 0 aliphatic rings. The molecule has 21 heavy (non-hydrogen) atoms. The second-order valence-electron chi connectivity index (χ2n) is 5.19. The van der Waals surface area contributed by atoms with Crippen LogP contribution < -0.4 is 5.32 Å². The van der Waals surface area contributed by atoms with Crippen LogP contribution in [0.2, 0.25) is 0 Å². The maximum absolute atomic E-state index is 4.38. The van der Waals surface area contributed by atoms with E-state index in [1.807, 2.05) is 19.2 Å². The summed E-state index contributed by atoms with van der Waals surface area (Å²) in [4.78, 5) is 8.49. The average Bonchev–Trinajstić information content (AvgIpc) is 2.90. The molecule has 0 spiro atoms. The van der Waals surface area contributed by atoms with Crippen LogP contribution in [0.3, 0.4) is 0 Å². The topological polar surface area (TPSA) is 42.7 Å². The third kappa shape index (κ3) is 3.47. The first kappa shape index (κ1) is 13.8. The molecule has 4 nitrogen and oxygen atoms in total. The van der Waals surface area contributed by atoms with Crippen LogP contribution in [-0.2, 0) is 13.1 Å². The highest BCUT2D eigenvalue weighted by Crippen LogP contribution is 2.15. The molecule has 3 aromatic rings. The highest BCUT2D eigenvalue weighted by atomic mass is 15.0. The fourth-order valence-corrected chi connectivity index (χ4v) is 2.53. The van der Waals surface area contributed by atoms with Gasteiger partial charge in [0.25, 0.3) is 0 Å². The van der Waals surface area contributed by atoms with Crippen molar-refractivity contribution in [1.82, 2.24) is 19.9 Å². The molecule has 0 fully saturated rings. The van der Waals surface area contributed by atoms with Gasteiger partial charge in [-0.2, -0.15) is 0 Å². The Bertz CT molecular complexity index is 717. The van der Waals surface area contributed by atoms with Crippen molar-refractivity contribution in [2.75, 3.05) is 6.54 Å². The van der Waals surface area contributed by atoms with Gasteiger partial charge in [-0.1, -0.05) is 18.2 Å². The fraction of sp³-hybridized carbons (Fsp3) is 0.294. The van der Waals surface area contributed by atoms with Crippen molar-refractivity contribution >= 4 is 10.9 Å². The quantitative estimate of drug-likeness (QED) is 0.706. The maximum Gasteiger partial charge on any atom is 0.125 e. The van der Waals surface area contributed by atoms with Gasteiger partial charge in [-0.3, -0.25) is 0 Å². The third-order valence-corrected chi connectivity index (χ3v) is 3.57. The van der Waals surface area contributed by atoms with Crippen molar-refractivity contribution in [3.8, 4) is 0 Å². The molecule has 0 aliphatic heterocycles. The van der Waals surface area contributed by atoms with Crippen molar-refractivity contribution in [2.24, 2.45) is 0 Å². The summed E-state index contributed by atoms with van der Waals surface area (Å²) in [5.74, 6) is 0.827. The van der Waals surface area contributed by atoms with Crippen LogP contribution in [0.25, 0.3) is 10.9 Å². The molecule has 0 saturated heterocycles. The Kier molecular flexibility index (Phi) is 4.26. The molecule has 0 unspecified atom stereocenters. The molecule has 0 radical (unpaired) electrons. The minimum atomic E-state index is 0.801. The molecular formula is C17H20N4. The number of aromatic nitrogens is 3. The van der Waals surface area contributed by atoms with Crippen LogP contribution in [0.15, 0.2) is 48.8 Å². The Morgan fingerprint density at radius 1 is 1.14 bits per heavy atom. The summed E-state index contributed by atoms with van der Waals surface area (Å²) in [6.45, 7) is 4.73. The molecule has 2 heterocycles. The van der Waals surface area contributed by atoms with Crippen LogP contribution in [0, 0.1) is 6.92 Å². The lowest BCUT2D eigenvalue weighted by molar-refractivity contribution is 0.585. The minimum Gasteiger partial charge on any atom is -0.347 e. The van der Waals surface area contributed by atoms with Gasteiger partial charge in [0.1, 0.15) is 5.82 Å². The normalized spacial score (nSPS) is 11.1. The number of hydrogen-bond acceptors (Lipinski definition) is 3. The number of nitrogens with one attached hydrogen (secondary N) is 1. The number of rotatable bonds is 6. The molecule has 0 amide bonds. The Labute approximate surface area is 124 Å². The second-order valence-corrected chi connectivity index (χ2v) is 5.19. The lowest BCUT2D eigenvalue weighted by atomic mass is 10.2. The van der Waals surface area contributed by atoms with E-state index in [-0.39, 0.29) is 0 Å². The number of para-hydroxylation sites is 1. The number of fused-ring (bicyclic) bond motifs is 1. The van der Waals surface area contributed by atoms with Gasteiger partial charge in [0.05, 0.1) is 5.69 Å². The van der Waals surface area contributed by atoms with E-state index in [1.54, 1.807) is 0 Å². The van der Waals surface area contributed by atoms with Crippen molar-refractivity contribution < 1.29 is 0 Å². The summed E-state index contributed by atoms with van der Waals surface area (Å²) in [5.41, 5.74) is 2.36. The number of nitrogens with zero attached hydrogens (tertiary/aromatic N) is 3. The van der Waals surface area contributed by atoms with Gasteiger partial charge in [0.15, 0.2) is 0 Å². The molecule has 1 aromatic carbocycles. The molecule has 108 valence electrons. The number of benzene rings is 1. The van der Waals surface area contributed by atoms with Gasteiger partial charge in [0.2, 0.25) is 0 Å². The van der Waals surface area contributed by atoms with Crippen molar-refractivity contribution in [3.05, 3.63) is 60.3 Å². The average molecular weight is 280 g/mol. The first-order valence-electron chi connectivity index (χ1n) is 7.36. The second kappa shape index (κ2) is 6.50. The zero-order chi connectivity index (χ0) is 14.5. The maximum atomic E-state index is 4.38.